The van der Waals surface area contributed by atoms with Gasteiger partial charge in [0.25, 0.3) is 10.0 Å². The summed E-state index contributed by atoms with van der Waals surface area (Å²) in [6.07, 6.45) is -2.54. The number of hydrogen-bond donors (Lipinski definition) is 1. The summed E-state index contributed by atoms with van der Waals surface area (Å²) in [7, 11) is -2.33. The van der Waals surface area contributed by atoms with Gasteiger partial charge in [0.2, 0.25) is 0 Å². The molecule has 0 aromatic carbocycles. The predicted molar refractivity (Wildman–Crippen MR) is 85.1 cm³/mol. The highest BCUT2D eigenvalue weighted by atomic mass is 32.2. The van der Waals surface area contributed by atoms with Crippen LogP contribution in [-0.4, -0.2) is 31.6 Å². The Morgan fingerprint density at radius 2 is 2.24 bits per heavy atom. The molecule has 1 aliphatic rings. The summed E-state index contributed by atoms with van der Waals surface area (Å²) >= 11 is 1.05. The average Bonchev–Trinajstić information content (AvgIpc) is 3.18. The van der Waals surface area contributed by atoms with Crippen LogP contribution in [0.25, 0.3) is 0 Å². The maximum Gasteiger partial charge on any atom is 0.434 e. The quantitative estimate of drug-likeness (QED) is 0.844. The summed E-state index contributed by atoms with van der Waals surface area (Å²) in [5, 5.41) is 1.62. The lowest BCUT2D eigenvalue weighted by Crippen LogP contribution is -2.33. The Labute approximate surface area is 146 Å². The third-order valence-electron chi connectivity index (χ3n) is 4.00. The van der Waals surface area contributed by atoms with Crippen molar-refractivity contribution in [2.75, 3.05) is 13.7 Å². The molecule has 25 heavy (non-hydrogen) atoms. The number of aromatic nitrogens is 2. The molecule has 1 atom stereocenters. The molecule has 0 aliphatic carbocycles. The summed E-state index contributed by atoms with van der Waals surface area (Å²) in [5.74, 6) is 0.544. The highest BCUT2D eigenvalue weighted by Gasteiger charge is 2.36. The number of methoxy groups -OCH3 is 1. The first kappa shape index (κ1) is 18.2. The Morgan fingerprint density at radius 3 is 2.92 bits per heavy atom. The molecule has 0 saturated carbocycles. The molecule has 0 spiro atoms. The number of rotatable bonds is 5. The fraction of sp³-hybridized carbons (Fsp3) is 0.500. The Hall–Kier alpha value is -1.59. The van der Waals surface area contributed by atoms with Crippen LogP contribution in [0, 0.1) is 5.92 Å². The molecule has 1 N–H and O–H groups in total. The summed E-state index contributed by atoms with van der Waals surface area (Å²) in [6.45, 7) is 0.435. The number of fused-ring (bicyclic) bond motifs is 1. The van der Waals surface area contributed by atoms with Crippen molar-refractivity contribution in [3.05, 3.63) is 29.2 Å². The minimum atomic E-state index is -4.48. The van der Waals surface area contributed by atoms with Crippen LogP contribution in [0.3, 0.4) is 0 Å². The zero-order chi connectivity index (χ0) is 18.2. The van der Waals surface area contributed by atoms with Crippen LogP contribution in [0.5, 0.6) is 5.75 Å². The van der Waals surface area contributed by atoms with E-state index in [0.29, 0.717) is 25.2 Å². The molecule has 2 aromatic rings. The number of alkyl halides is 3. The van der Waals surface area contributed by atoms with Crippen molar-refractivity contribution in [3.8, 4) is 5.75 Å². The van der Waals surface area contributed by atoms with Crippen molar-refractivity contribution in [1.29, 1.82) is 0 Å². The molecule has 3 rings (SSSR count). The summed E-state index contributed by atoms with van der Waals surface area (Å²) in [6, 6.07) is 1.57. The van der Waals surface area contributed by atoms with E-state index in [1.165, 1.54) is 11.7 Å². The van der Waals surface area contributed by atoms with Gasteiger partial charge in [0.15, 0.2) is 9.90 Å². The van der Waals surface area contributed by atoms with Crippen molar-refractivity contribution < 1.29 is 26.3 Å². The molecule has 1 aliphatic heterocycles. The second kappa shape index (κ2) is 6.61. The number of thiophene rings is 1. The van der Waals surface area contributed by atoms with Gasteiger partial charge in [-0.25, -0.2) is 18.1 Å². The zero-order valence-corrected chi connectivity index (χ0v) is 14.8. The molecule has 3 heterocycles. The van der Waals surface area contributed by atoms with Gasteiger partial charge in [-0.15, -0.1) is 11.3 Å². The van der Waals surface area contributed by atoms with Gasteiger partial charge in [0.1, 0.15) is 11.6 Å². The van der Waals surface area contributed by atoms with E-state index in [-0.39, 0.29) is 22.4 Å². The molecule has 0 saturated heterocycles. The predicted octanol–water partition coefficient (Wildman–Crippen LogP) is 2.51. The molecular weight excluding hydrogens is 379 g/mol. The first-order valence-corrected chi connectivity index (χ1v) is 9.81. The van der Waals surface area contributed by atoms with Crippen LogP contribution in [0.4, 0.5) is 13.2 Å². The molecule has 0 bridgehead atoms. The van der Waals surface area contributed by atoms with Crippen LogP contribution in [0.15, 0.2) is 21.9 Å². The van der Waals surface area contributed by atoms with Gasteiger partial charge in [-0.05, 0) is 23.8 Å². The van der Waals surface area contributed by atoms with Crippen LogP contribution in [0.1, 0.15) is 17.9 Å². The van der Waals surface area contributed by atoms with Gasteiger partial charge in [-0.2, -0.15) is 13.2 Å². The minimum Gasteiger partial charge on any atom is -0.494 e. The van der Waals surface area contributed by atoms with E-state index in [4.69, 9.17) is 4.74 Å². The smallest absolute Gasteiger partial charge is 0.434 e. The zero-order valence-electron chi connectivity index (χ0n) is 13.2. The molecule has 1 unspecified atom stereocenters. The second-order valence-electron chi connectivity index (χ2n) is 5.73. The van der Waals surface area contributed by atoms with Gasteiger partial charge in [0.05, 0.1) is 7.11 Å². The molecule has 0 amide bonds. The van der Waals surface area contributed by atoms with Crippen LogP contribution >= 0.6 is 11.3 Å². The maximum atomic E-state index is 12.7. The lowest BCUT2D eigenvalue weighted by Gasteiger charge is -2.23. The number of sulfonamides is 1. The van der Waals surface area contributed by atoms with Gasteiger partial charge in [0, 0.05) is 25.7 Å². The topological polar surface area (TPSA) is 73.2 Å². The maximum absolute atomic E-state index is 12.7. The standard InChI is InChI=1S/C14H16F3N3O3S2/c1-23-10-4-5-24-13(10)25(21,22)18-6-9-2-3-12-19-11(14(15,16)17)8-20(12)7-9/h4-5,8-9,18H,2-3,6-7H2,1H3. The van der Waals surface area contributed by atoms with Crippen LogP contribution < -0.4 is 9.46 Å². The van der Waals surface area contributed by atoms with Crippen molar-refractivity contribution in [2.24, 2.45) is 5.92 Å². The van der Waals surface area contributed by atoms with Crippen molar-refractivity contribution >= 4 is 21.4 Å². The Balaban J connectivity index is 1.66. The average molecular weight is 395 g/mol. The first-order chi connectivity index (χ1) is 11.7. The number of nitrogens with one attached hydrogen (secondary N) is 1. The third kappa shape index (κ3) is 3.82. The molecule has 11 heteroatoms. The Kier molecular flexibility index (Phi) is 4.82. The number of hydrogen-bond acceptors (Lipinski definition) is 5. The van der Waals surface area contributed by atoms with E-state index in [1.807, 2.05) is 0 Å². The number of halogens is 3. The second-order valence-corrected chi connectivity index (χ2v) is 8.60. The Bertz CT molecular complexity index is 858. The van der Waals surface area contributed by atoms with Crippen molar-refractivity contribution in [3.63, 3.8) is 0 Å². The fourth-order valence-electron chi connectivity index (χ4n) is 2.74. The van der Waals surface area contributed by atoms with Gasteiger partial charge >= 0.3 is 6.18 Å². The van der Waals surface area contributed by atoms with E-state index in [2.05, 4.69) is 9.71 Å². The monoisotopic (exact) mass is 395 g/mol. The van der Waals surface area contributed by atoms with Crippen LogP contribution in [0.2, 0.25) is 0 Å². The number of ether oxygens (including phenoxy) is 1. The Morgan fingerprint density at radius 1 is 1.48 bits per heavy atom. The largest absolute Gasteiger partial charge is 0.494 e. The van der Waals surface area contributed by atoms with Crippen molar-refractivity contribution in [1.82, 2.24) is 14.3 Å². The minimum absolute atomic E-state index is 0.0912. The van der Waals surface area contributed by atoms with E-state index < -0.39 is 21.9 Å². The summed E-state index contributed by atoms with van der Waals surface area (Å²) in [4.78, 5) is 3.61. The number of aryl methyl sites for hydroxylation is 1. The molecule has 6 nitrogen and oxygen atoms in total. The lowest BCUT2D eigenvalue weighted by atomic mass is 10.00. The van der Waals surface area contributed by atoms with Crippen molar-refractivity contribution in [2.45, 2.75) is 29.8 Å². The molecule has 0 fully saturated rings. The third-order valence-corrected chi connectivity index (χ3v) is 6.87. The molecule has 138 valence electrons. The SMILES string of the molecule is COc1ccsc1S(=O)(=O)NCC1CCc2nc(C(F)(F)F)cn2C1. The van der Waals surface area contributed by atoms with E-state index >= 15 is 0 Å². The van der Waals surface area contributed by atoms with E-state index in [1.54, 1.807) is 11.4 Å². The molecule has 0 radical (unpaired) electrons. The molecular formula is C14H16F3N3O3S2. The van der Waals surface area contributed by atoms with E-state index in [0.717, 1.165) is 17.5 Å². The summed E-state index contributed by atoms with van der Waals surface area (Å²) in [5.41, 5.74) is -0.910. The highest BCUT2D eigenvalue weighted by Crippen LogP contribution is 2.31. The van der Waals surface area contributed by atoms with Gasteiger partial charge in [-0.1, -0.05) is 0 Å². The first-order valence-electron chi connectivity index (χ1n) is 7.45. The highest BCUT2D eigenvalue weighted by molar-refractivity contribution is 7.91. The normalized spacial score (nSPS) is 18.2. The molecule has 2 aromatic heterocycles. The van der Waals surface area contributed by atoms with E-state index in [9.17, 15) is 21.6 Å². The number of imidazole rings is 1. The number of nitrogens with zero attached hydrogens (tertiary/aromatic N) is 2. The summed E-state index contributed by atoms with van der Waals surface area (Å²) < 4.78 is 72.0. The lowest BCUT2D eigenvalue weighted by molar-refractivity contribution is -0.141. The van der Waals surface area contributed by atoms with Crippen LogP contribution in [-0.2, 0) is 29.2 Å². The van der Waals surface area contributed by atoms with Gasteiger partial charge < -0.3 is 9.30 Å². The fourth-order valence-corrected chi connectivity index (χ4v) is 5.18. The van der Waals surface area contributed by atoms with Gasteiger partial charge in [-0.3, -0.25) is 0 Å².